The minimum absolute atomic E-state index is 0.0253. The number of ether oxygens (including phenoxy) is 1. The molecule has 14 nitrogen and oxygen atoms in total. The fourth-order valence-electron chi connectivity index (χ4n) is 4.28. The predicted molar refractivity (Wildman–Crippen MR) is 176 cm³/mol. The number of nitrogens with zero attached hydrogens (tertiary/aromatic N) is 2. The maximum absolute atomic E-state index is 11.8. The molecule has 1 heterocycles. The summed E-state index contributed by atoms with van der Waals surface area (Å²) in [6.45, 7) is 1.75. The van der Waals surface area contributed by atoms with Gasteiger partial charge in [0.1, 0.15) is 22.6 Å². The fourth-order valence-corrected chi connectivity index (χ4v) is 4.72. The summed E-state index contributed by atoms with van der Waals surface area (Å²) in [7, 11) is -4.33. The van der Waals surface area contributed by atoms with Gasteiger partial charge in [0.05, 0.1) is 30.9 Å². The number of imidazole rings is 1. The van der Waals surface area contributed by atoms with E-state index in [1.165, 1.54) is 30.3 Å². The second-order valence-electron chi connectivity index (χ2n) is 9.81. The summed E-state index contributed by atoms with van der Waals surface area (Å²) in [6.07, 6.45) is 0. The number of carboxylic acids is 1. The molecule has 7 N–H and O–H groups in total. The van der Waals surface area contributed by atoms with Crippen LogP contribution in [0, 0.1) is 0 Å². The number of benzene rings is 4. The van der Waals surface area contributed by atoms with Crippen LogP contribution >= 0.6 is 0 Å². The molecule has 0 amide bonds. The Morgan fingerprint density at radius 3 is 1.88 bits per heavy atom. The number of nitrogens with one attached hydrogen (secondary N) is 1. The SMILES string of the molecule is O=C(Oc1ccccc1C(=O)O)c1ccccc1O.O=S(=O)(O)c1nc2c(-c3ccccc3)cccc2[nH]1.OCCN(CCO)CCO. The zero-order valence-electron chi connectivity index (χ0n) is 25.5. The van der Waals surface area contributed by atoms with Gasteiger partial charge in [0.2, 0.25) is 0 Å². The van der Waals surface area contributed by atoms with Gasteiger partial charge in [-0.1, -0.05) is 66.7 Å². The van der Waals surface area contributed by atoms with Crippen LogP contribution in [0.4, 0.5) is 0 Å². The van der Waals surface area contributed by atoms with Crippen molar-refractivity contribution >= 4 is 33.1 Å². The lowest BCUT2D eigenvalue weighted by Gasteiger charge is -2.17. The number of esters is 1. The molecule has 48 heavy (non-hydrogen) atoms. The number of aliphatic hydroxyl groups is 3. The normalized spacial score (nSPS) is 10.9. The first-order valence-electron chi connectivity index (χ1n) is 14.4. The predicted octanol–water partition coefficient (Wildman–Crippen LogP) is 3.05. The zero-order valence-corrected chi connectivity index (χ0v) is 26.3. The Kier molecular flexibility index (Phi) is 14.2. The summed E-state index contributed by atoms with van der Waals surface area (Å²) in [5.41, 5.74) is 2.68. The number of carbonyl (C=O) groups excluding carboxylic acids is 1. The number of hydrogen-bond donors (Lipinski definition) is 7. The second-order valence-corrected chi connectivity index (χ2v) is 11.1. The van der Waals surface area contributed by atoms with E-state index < -0.39 is 27.2 Å². The molecule has 15 heteroatoms. The first-order valence-corrected chi connectivity index (χ1v) is 15.8. The standard InChI is InChI=1S/C14H10O5.C13H10N2O3S.C6H15NO3/c15-11-7-3-1-5-9(11)14(18)19-12-8-4-2-6-10(12)13(16)17;16-19(17,18)13-14-11-8-4-7-10(12(11)15-13)9-5-2-1-3-6-9;8-4-1-7(2-5-9)3-6-10/h1-8,15H,(H,16,17);1-8H,(H,14,15)(H,16,17,18);8-10H,1-6H2. The van der Waals surface area contributed by atoms with Crippen molar-refractivity contribution in [2.75, 3.05) is 39.5 Å². The molecule has 0 saturated carbocycles. The average molecular weight is 682 g/mol. The third kappa shape index (κ3) is 10.7. The highest BCUT2D eigenvalue weighted by atomic mass is 32.2. The van der Waals surface area contributed by atoms with Crippen LogP contribution in [0.5, 0.6) is 11.5 Å². The second kappa shape index (κ2) is 18.2. The van der Waals surface area contributed by atoms with E-state index in [2.05, 4.69) is 9.97 Å². The molecule has 0 fully saturated rings. The number of carbonyl (C=O) groups is 2. The van der Waals surface area contributed by atoms with Gasteiger partial charge in [-0.05, 0) is 35.9 Å². The monoisotopic (exact) mass is 681 g/mol. The lowest BCUT2D eigenvalue weighted by Crippen LogP contribution is -2.32. The largest absolute Gasteiger partial charge is 0.507 e. The van der Waals surface area contributed by atoms with E-state index >= 15 is 0 Å². The summed E-state index contributed by atoms with van der Waals surface area (Å²) in [6, 6.07) is 26.5. The molecule has 0 radical (unpaired) electrons. The number of aromatic carboxylic acids is 1. The van der Waals surface area contributed by atoms with E-state index in [4.69, 9.17) is 29.7 Å². The van der Waals surface area contributed by atoms with Gasteiger partial charge in [-0.15, -0.1) is 0 Å². The number of aliphatic hydroxyl groups excluding tert-OH is 3. The van der Waals surface area contributed by atoms with Crippen molar-refractivity contribution in [1.29, 1.82) is 0 Å². The third-order valence-electron chi connectivity index (χ3n) is 6.51. The molecule has 4 aromatic carbocycles. The number of aromatic amines is 1. The highest BCUT2D eigenvalue weighted by Gasteiger charge is 2.18. The number of phenolic OH excluding ortho intramolecular Hbond substituents is 1. The van der Waals surface area contributed by atoms with Crippen LogP contribution < -0.4 is 4.74 Å². The molecule has 254 valence electrons. The molecule has 5 rings (SSSR count). The van der Waals surface area contributed by atoms with E-state index in [9.17, 15) is 23.1 Å². The van der Waals surface area contributed by atoms with Crippen LogP contribution in [-0.4, -0.2) is 105 Å². The molecule has 0 unspecified atom stereocenters. The van der Waals surface area contributed by atoms with E-state index in [1.54, 1.807) is 35.2 Å². The van der Waals surface area contributed by atoms with Crippen molar-refractivity contribution in [2.45, 2.75) is 5.16 Å². The maximum Gasteiger partial charge on any atom is 0.347 e. The average Bonchev–Trinajstić information content (AvgIpc) is 3.52. The van der Waals surface area contributed by atoms with Gasteiger partial charge < -0.3 is 35.3 Å². The van der Waals surface area contributed by atoms with Gasteiger partial charge in [0.25, 0.3) is 5.16 Å². The fraction of sp³-hybridized carbons (Fsp3) is 0.182. The van der Waals surface area contributed by atoms with Crippen LogP contribution in [0.25, 0.3) is 22.2 Å². The van der Waals surface area contributed by atoms with Crippen LogP contribution in [0.3, 0.4) is 0 Å². The number of carboxylic acid groups (broad SMARTS) is 1. The number of aromatic nitrogens is 2. The van der Waals surface area contributed by atoms with E-state index in [0.29, 0.717) is 30.7 Å². The van der Waals surface area contributed by atoms with Crippen molar-refractivity contribution in [3.63, 3.8) is 0 Å². The first kappa shape index (κ1) is 37.3. The van der Waals surface area contributed by atoms with E-state index in [1.807, 2.05) is 36.4 Å². The lowest BCUT2D eigenvalue weighted by atomic mass is 10.0. The summed E-state index contributed by atoms with van der Waals surface area (Å²) in [5, 5.41) is 43.5. The molecular weight excluding hydrogens is 646 g/mol. The molecule has 0 bridgehead atoms. The summed E-state index contributed by atoms with van der Waals surface area (Å²) < 4.78 is 36.2. The molecule has 0 atom stereocenters. The molecular formula is C33H35N3O11S. The minimum Gasteiger partial charge on any atom is -0.507 e. The van der Waals surface area contributed by atoms with Gasteiger partial charge in [0, 0.05) is 25.2 Å². The first-order chi connectivity index (χ1) is 23.0. The Morgan fingerprint density at radius 1 is 0.750 bits per heavy atom. The number of fused-ring (bicyclic) bond motifs is 1. The van der Waals surface area contributed by atoms with Crippen molar-refractivity contribution in [3.8, 4) is 22.6 Å². The van der Waals surface area contributed by atoms with Crippen LogP contribution in [0.2, 0.25) is 0 Å². The minimum atomic E-state index is -4.33. The number of hydrogen-bond acceptors (Lipinski definition) is 11. The molecule has 0 aliphatic rings. The van der Waals surface area contributed by atoms with Gasteiger partial charge in [-0.3, -0.25) is 9.45 Å². The summed E-state index contributed by atoms with van der Waals surface area (Å²) >= 11 is 0. The molecule has 0 aliphatic carbocycles. The Labute approximate surface area is 275 Å². The highest BCUT2D eigenvalue weighted by Crippen LogP contribution is 2.28. The van der Waals surface area contributed by atoms with Crippen LogP contribution in [0.1, 0.15) is 20.7 Å². The Morgan fingerprint density at radius 2 is 1.31 bits per heavy atom. The topological polar surface area (TPSA) is 231 Å². The third-order valence-corrected chi connectivity index (χ3v) is 7.19. The van der Waals surface area contributed by atoms with Gasteiger partial charge in [0.15, 0.2) is 0 Å². The number of rotatable bonds is 11. The smallest absolute Gasteiger partial charge is 0.347 e. The van der Waals surface area contributed by atoms with Gasteiger partial charge in [-0.2, -0.15) is 8.42 Å². The van der Waals surface area contributed by atoms with E-state index in [-0.39, 0.29) is 42.4 Å². The van der Waals surface area contributed by atoms with Gasteiger partial charge >= 0.3 is 22.1 Å². The van der Waals surface area contributed by atoms with Crippen LogP contribution in [-0.2, 0) is 10.1 Å². The number of phenols is 1. The van der Waals surface area contributed by atoms with Crippen molar-refractivity contribution < 1.29 is 52.8 Å². The van der Waals surface area contributed by atoms with E-state index in [0.717, 1.165) is 11.1 Å². The van der Waals surface area contributed by atoms with Crippen molar-refractivity contribution in [2.24, 2.45) is 0 Å². The maximum atomic E-state index is 11.8. The molecule has 0 spiro atoms. The molecule has 0 aliphatic heterocycles. The Hall–Kier alpha value is -5.16. The number of para-hydroxylation sites is 3. The highest BCUT2D eigenvalue weighted by molar-refractivity contribution is 7.85. The number of aromatic hydroxyl groups is 1. The summed E-state index contributed by atoms with van der Waals surface area (Å²) in [5.74, 6) is -2.30. The Balaban J connectivity index is 0.000000206. The van der Waals surface area contributed by atoms with Gasteiger partial charge in [-0.25, -0.2) is 14.6 Å². The van der Waals surface area contributed by atoms with Crippen molar-refractivity contribution in [1.82, 2.24) is 14.9 Å². The summed E-state index contributed by atoms with van der Waals surface area (Å²) in [4.78, 5) is 31.2. The van der Waals surface area contributed by atoms with Crippen molar-refractivity contribution in [3.05, 3.63) is 108 Å². The molecule has 1 aromatic heterocycles. The molecule has 0 saturated heterocycles. The molecule has 5 aromatic rings. The lowest BCUT2D eigenvalue weighted by molar-refractivity contribution is 0.0680. The quantitative estimate of drug-likeness (QED) is 0.0605. The van der Waals surface area contributed by atoms with Crippen LogP contribution in [0.15, 0.2) is 102 Å². The Bertz CT molecular complexity index is 1880. The zero-order chi connectivity index (χ0) is 35.1. The number of H-pyrrole nitrogens is 1.